The average molecular weight is 417 g/mol. The summed E-state index contributed by atoms with van der Waals surface area (Å²) in [7, 11) is -1.87. The zero-order valence-electron chi connectivity index (χ0n) is 18.2. The molecule has 0 bridgehead atoms. The molecule has 30 heavy (non-hydrogen) atoms. The second-order valence-electron chi connectivity index (χ2n) is 9.62. The molecule has 1 fully saturated rings. The Morgan fingerprint density at radius 1 is 0.867 bits per heavy atom. The molecule has 0 amide bonds. The molecule has 3 atom stereocenters. The quantitative estimate of drug-likeness (QED) is 0.592. The maximum absolute atomic E-state index is 10.4. The molecule has 0 aromatic heterocycles. The molecule has 1 unspecified atom stereocenters. The molecular formula is C27H32O2Si. The molecule has 4 rings (SSSR count). The summed E-state index contributed by atoms with van der Waals surface area (Å²) in [5.41, 5.74) is 1.02. The second kappa shape index (κ2) is 8.50. The third-order valence-corrected chi connectivity index (χ3v) is 9.02. The van der Waals surface area contributed by atoms with Crippen molar-refractivity contribution in [2.45, 2.75) is 38.7 Å². The Balaban J connectivity index is 1.69. The molecule has 0 saturated heterocycles. The van der Waals surface area contributed by atoms with Gasteiger partial charge in [-0.25, -0.2) is 0 Å². The molecule has 1 aliphatic rings. The lowest BCUT2D eigenvalue weighted by atomic mass is 9.82. The Kier molecular flexibility index (Phi) is 5.96. The molecule has 0 spiro atoms. The number of hydrogen-bond acceptors (Lipinski definition) is 2. The van der Waals surface area contributed by atoms with Gasteiger partial charge in [0.25, 0.3) is 0 Å². The van der Waals surface area contributed by atoms with Crippen molar-refractivity contribution in [3.63, 3.8) is 0 Å². The van der Waals surface area contributed by atoms with E-state index in [0.717, 1.165) is 6.42 Å². The van der Waals surface area contributed by atoms with Crippen LogP contribution in [0.3, 0.4) is 0 Å². The van der Waals surface area contributed by atoms with Crippen LogP contribution in [-0.2, 0) is 9.84 Å². The minimum Gasteiger partial charge on any atom is -0.407 e. The smallest absolute Gasteiger partial charge is 0.240 e. The highest BCUT2D eigenvalue weighted by atomic mass is 28.3. The molecule has 2 nitrogen and oxygen atoms in total. The number of benzene rings is 3. The summed E-state index contributed by atoms with van der Waals surface area (Å²) < 4.78 is 7.12. The summed E-state index contributed by atoms with van der Waals surface area (Å²) in [6.07, 6.45) is 1.04. The number of aliphatic hydroxyl groups excluding tert-OH is 1. The van der Waals surface area contributed by atoms with E-state index >= 15 is 0 Å². The Bertz CT molecular complexity index is 897. The topological polar surface area (TPSA) is 29.5 Å². The lowest BCUT2D eigenvalue weighted by molar-refractivity contribution is 0.0564. The van der Waals surface area contributed by atoms with E-state index in [9.17, 15) is 5.11 Å². The first-order valence-corrected chi connectivity index (χ1v) is 12.5. The third-order valence-electron chi connectivity index (χ3n) is 6.47. The standard InChI is InChI=1S/C27H32O2Si/c1-26(2,3)25(24-19-27(24,20-28)21-13-7-4-8-14-21)29-30(22-15-9-5-10-16-22)23-17-11-6-12-18-23/h4-18,24-25,28,30H,19-20H2,1-3H3/t24-,25?,27+/m0/s1. The van der Waals surface area contributed by atoms with Gasteiger partial charge in [0, 0.05) is 5.41 Å². The highest BCUT2D eigenvalue weighted by Gasteiger charge is 2.60. The van der Waals surface area contributed by atoms with Crippen molar-refractivity contribution in [2.24, 2.45) is 11.3 Å². The van der Waals surface area contributed by atoms with Crippen molar-refractivity contribution in [1.29, 1.82) is 0 Å². The molecule has 1 aliphatic carbocycles. The summed E-state index contributed by atoms with van der Waals surface area (Å²) in [4.78, 5) is 0. The van der Waals surface area contributed by atoms with Crippen LogP contribution in [0.15, 0.2) is 91.0 Å². The first-order chi connectivity index (χ1) is 14.5. The molecule has 0 heterocycles. The zero-order valence-corrected chi connectivity index (χ0v) is 19.3. The van der Waals surface area contributed by atoms with Gasteiger partial charge in [-0.1, -0.05) is 112 Å². The Morgan fingerprint density at radius 2 is 1.33 bits per heavy atom. The SMILES string of the molecule is CC(C)(C)C(O[SiH](c1ccccc1)c1ccccc1)[C@@H]1C[C@@]1(CO)c1ccccc1. The van der Waals surface area contributed by atoms with Gasteiger partial charge in [0.1, 0.15) is 0 Å². The van der Waals surface area contributed by atoms with E-state index in [1.165, 1.54) is 15.9 Å². The molecular weight excluding hydrogens is 384 g/mol. The lowest BCUT2D eigenvalue weighted by Gasteiger charge is -2.36. The van der Waals surface area contributed by atoms with Crippen LogP contribution < -0.4 is 10.4 Å². The largest absolute Gasteiger partial charge is 0.407 e. The monoisotopic (exact) mass is 416 g/mol. The minimum atomic E-state index is -1.87. The Morgan fingerprint density at radius 3 is 1.77 bits per heavy atom. The highest BCUT2D eigenvalue weighted by molar-refractivity contribution is 6.80. The van der Waals surface area contributed by atoms with E-state index in [1.54, 1.807) is 0 Å². The fourth-order valence-electron chi connectivity index (χ4n) is 4.76. The second-order valence-corrected chi connectivity index (χ2v) is 12.0. The minimum absolute atomic E-state index is 0.0226. The summed E-state index contributed by atoms with van der Waals surface area (Å²) in [5.74, 6) is 0.312. The average Bonchev–Trinajstić information content (AvgIpc) is 3.51. The Hall–Kier alpha value is -2.20. The number of rotatable bonds is 7. The van der Waals surface area contributed by atoms with Crippen molar-refractivity contribution in [3.05, 3.63) is 96.6 Å². The van der Waals surface area contributed by atoms with Gasteiger partial charge in [0.15, 0.2) is 0 Å². The summed E-state index contributed by atoms with van der Waals surface area (Å²) in [6, 6.07) is 31.8. The van der Waals surface area contributed by atoms with Gasteiger partial charge in [0.2, 0.25) is 9.04 Å². The van der Waals surface area contributed by atoms with Crippen LogP contribution in [0.4, 0.5) is 0 Å². The van der Waals surface area contributed by atoms with E-state index in [2.05, 4.69) is 106 Å². The van der Waals surface area contributed by atoms with E-state index in [0.29, 0.717) is 5.92 Å². The van der Waals surface area contributed by atoms with E-state index in [-0.39, 0.29) is 23.5 Å². The molecule has 0 aliphatic heterocycles. The number of hydrogen-bond donors (Lipinski definition) is 1. The van der Waals surface area contributed by atoms with E-state index in [1.807, 2.05) is 6.07 Å². The fraction of sp³-hybridized carbons (Fsp3) is 0.333. The molecule has 1 saturated carbocycles. The van der Waals surface area contributed by atoms with Gasteiger partial charge in [-0.15, -0.1) is 0 Å². The van der Waals surface area contributed by atoms with Crippen molar-refractivity contribution in [2.75, 3.05) is 6.61 Å². The highest BCUT2D eigenvalue weighted by Crippen LogP contribution is 2.59. The summed E-state index contributed by atoms with van der Waals surface area (Å²) in [6.45, 7) is 6.97. The maximum atomic E-state index is 10.4. The molecule has 3 aromatic rings. The van der Waals surface area contributed by atoms with Gasteiger partial charge in [0.05, 0.1) is 12.7 Å². The van der Waals surface area contributed by atoms with Crippen molar-refractivity contribution >= 4 is 19.4 Å². The van der Waals surface area contributed by atoms with Crippen molar-refractivity contribution in [3.8, 4) is 0 Å². The van der Waals surface area contributed by atoms with Crippen LogP contribution in [-0.4, -0.2) is 26.9 Å². The Labute approximate surface area is 182 Å². The molecule has 3 heteroatoms. The molecule has 156 valence electrons. The van der Waals surface area contributed by atoms with Crippen molar-refractivity contribution in [1.82, 2.24) is 0 Å². The first-order valence-electron chi connectivity index (χ1n) is 10.9. The van der Waals surface area contributed by atoms with Gasteiger partial charge >= 0.3 is 0 Å². The third kappa shape index (κ3) is 4.15. The zero-order chi connectivity index (χ0) is 21.2. The van der Waals surface area contributed by atoms with Crippen LogP contribution in [0.25, 0.3) is 0 Å². The summed E-state index contributed by atoms with van der Waals surface area (Å²) >= 11 is 0. The molecule has 3 aromatic carbocycles. The first kappa shape index (κ1) is 21.0. The van der Waals surface area contributed by atoms with Crippen molar-refractivity contribution < 1.29 is 9.53 Å². The van der Waals surface area contributed by atoms with Crippen LogP contribution in [0.1, 0.15) is 32.8 Å². The molecule has 0 radical (unpaired) electrons. The fourth-order valence-corrected chi connectivity index (χ4v) is 7.49. The van der Waals surface area contributed by atoms with Crippen LogP contribution in [0.2, 0.25) is 0 Å². The predicted molar refractivity (Wildman–Crippen MR) is 127 cm³/mol. The van der Waals surface area contributed by atoms with Crippen LogP contribution >= 0.6 is 0 Å². The van der Waals surface area contributed by atoms with Gasteiger partial charge in [-0.2, -0.15) is 0 Å². The van der Waals surface area contributed by atoms with Crippen LogP contribution in [0, 0.1) is 11.3 Å². The maximum Gasteiger partial charge on any atom is 0.240 e. The normalized spacial score (nSPS) is 22.1. The summed E-state index contributed by atoms with van der Waals surface area (Å²) in [5, 5.41) is 13.0. The van der Waals surface area contributed by atoms with Gasteiger partial charge in [-0.05, 0) is 33.7 Å². The van der Waals surface area contributed by atoms with E-state index < -0.39 is 9.04 Å². The molecule has 1 N–H and O–H groups in total. The van der Waals surface area contributed by atoms with Gasteiger partial charge < -0.3 is 9.53 Å². The lowest BCUT2D eigenvalue weighted by Crippen LogP contribution is -2.51. The van der Waals surface area contributed by atoms with E-state index in [4.69, 9.17) is 4.43 Å². The predicted octanol–water partition coefficient (Wildman–Crippen LogP) is 3.91. The number of aliphatic hydroxyl groups is 1. The van der Waals surface area contributed by atoms with Crippen LogP contribution in [0.5, 0.6) is 0 Å². The van der Waals surface area contributed by atoms with Gasteiger partial charge in [-0.3, -0.25) is 0 Å².